The zero-order chi connectivity index (χ0) is 13.8. The molecule has 5 nitrogen and oxygen atoms in total. The van der Waals surface area contributed by atoms with E-state index in [1.807, 2.05) is 20.8 Å². The van der Waals surface area contributed by atoms with E-state index in [1.165, 1.54) is 6.08 Å². The second-order valence-electron chi connectivity index (χ2n) is 5.60. The Kier molecular flexibility index (Phi) is 5.16. The Labute approximate surface area is 108 Å². The molecule has 0 radical (unpaired) electrons. The fourth-order valence-corrected chi connectivity index (χ4v) is 1.86. The molecule has 0 aliphatic carbocycles. The summed E-state index contributed by atoms with van der Waals surface area (Å²) < 4.78 is 5.30. The van der Waals surface area contributed by atoms with Gasteiger partial charge in [0.05, 0.1) is 0 Å². The van der Waals surface area contributed by atoms with E-state index in [4.69, 9.17) is 14.9 Å². The van der Waals surface area contributed by atoms with Crippen molar-refractivity contribution in [3.05, 3.63) is 12.2 Å². The fourth-order valence-electron chi connectivity index (χ4n) is 1.86. The van der Waals surface area contributed by atoms with Crippen LogP contribution in [0.3, 0.4) is 0 Å². The first-order chi connectivity index (χ1) is 8.28. The molecule has 0 aromatic heterocycles. The predicted molar refractivity (Wildman–Crippen MR) is 67.9 cm³/mol. The first-order valence-electron chi connectivity index (χ1n) is 6.30. The van der Waals surface area contributed by atoms with Crippen LogP contribution < -0.4 is 0 Å². The van der Waals surface area contributed by atoms with Crippen LogP contribution in [-0.4, -0.2) is 46.2 Å². The molecule has 1 aliphatic heterocycles. The van der Waals surface area contributed by atoms with Crippen LogP contribution in [0, 0.1) is 5.92 Å². The molecule has 0 aromatic rings. The zero-order valence-corrected chi connectivity index (χ0v) is 11.3. The minimum Gasteiger partial charge on any atom is -0.444 e. The third-order valence-corrected chi connectivity index (χ3v) is 2.75. The molecule has 18 heavy (non-hydrogen) atoms. The molecule has 0 bridgehead atoms. The van der Waals surface area contributed by atoms with Gasteiger partial charge in [-0.15, -0.1) is 0 Å². The Morgan fingerprint density at radius 1 is 1.33 bits per heavy atom. The van der Waals surface area contributed by atoms with Crippen LogP contribution in [0.5, 0.6) is 0 Å². The Morgan fingerprint density at radius 3 is 2.33 bits per heavy atom. The number of hydrogen-bond donors (Lipinski definition) is 2. The highest BCUT2D eigenvalue weighted by molar-refractivity contribution is 5.68. The van der Waals surface area contributed by atoms with Gasteiger partial charge in [0.2, 0.25) is 0 Å². The summed E-state index contributed by atoms with van der Waals surface area (Å²) in [5, 5.41) is 17.5. The first kappa shape index (κ1) is 15.0. The molecular weight excluding hydrogens is 234 g/mol. The van der Waals surface area contributed by atoms with Crippen LogP contribution in [0.25, 0.3) is 0 Å². The highest BCUT2D eigenvalue weighted by Crippen LogP contribution is 2.20. The van der Waals surface area contributed by atoms with Gasteiger partial charge < -0.3 is 19.8 Å². The Bertz CT molecular complexity index is 299. The number of nitrogens with zero attached hydrogens (tertiary/aromatic N) is 1. The second-order valence-corrected chi connectivity index (χ2v) is 5.60. The van der Waals surface area contributed by atoms with Gasteiger partial charge in [-0.05, 0) is 45.6 Å². The molecule has 0 spiro atoms. The number of carbonyl (C=O) groups is 1. The van der Waals surface area contributed by atoms with Gasteiger partial charge in [-0.25, -0.2) is 4.79 Å². The Hall–Kier alpha value is -1.07. The van der Waals surface area contributed by atoms with Crippen LogP contribution in [0.4, 0.5) is 4.79 Å². The van der Waals surface area contributed by atoms with Crippen molar-refractivity contribution in [2.45, 2.75) is 45.5 Å². The summed E-state index contributed by atoms with van der Waals surface area (Å²) in [5.74, 6) is 0.297. The lowest BCUT2D eigenvalue weighted by Crippen LogP contribution is -2.41. The third-order valence-electron chi connectivity index (χ3n) is 2.75. The molecule has 104 valence electrons. The Balaban J connectivity index is 2.37. The summed E-state index contributed by atoms with van der Waals surface area (Å²) >= 11 is 0. The predicted octanol–water partition coefficient (Wildman–Crippen LogP) is 1.50. The lowest BCUT2D eigenvalue weighted by atomic mass is 9.96. The molecule has 0 atom stereocenters. The lowest BCUT2D eigenvalue weighted by molar-refractivity contribution is 0.00131. The molecule has 1 saturated heterocycles. The SMILES string of the molecule is CC(C)(C)OC(=O)N1CCC(C=CC(O)O)CC1. The largest absolute Gasteiger partial charge is 0.444 e. The number of amides is 1. The average molecular weight is 257 g/mol. The van der Waals surface area contributed by atoms with Crippen LogP contribution in [0.2, 0.25) is 0 Å². The summed E-state index contributed by atoms with van der Waals surface area (Å²) in [6, 6.07) is 0. The minimum atomic E-state index is -1.39. The number of aliphatic hydroxyl groups is 2. The highest BCUT2D eigenvalue weighted by atomic mass is 16.6. The molecular formula is C13H23NO4. The van der Waals surface area contributed by atoms with E-state index in [0.29, 0.717) is 19.0 Å². The number of likely N-dealkylation sites (tertiary alicyclic amines) is 1. The van der Waals surface area contributed by atoms with E-state index >= 15 is 0 Å². The van der Waals surface area contributed by atoms with Crippen molar-refractivity contribution >= 4 is 6.09 Å². The smallest absolute Gasteiger partial charge is 0.410 e. The fraction of sp³-hybridized carbons (Fsp3) is 0.769. The number of aliphatic hydroxyl groups excluding tert-OH is 1. The monoisotopic (exact) mass is 257 g/mol. The van der Waals surface area contributed by atoms with Crippen molar-refractivity contribution in [1.82, 2.24) is 4.90 Å². The van der Waals surface area contributed by atoms with Gasteiger partial charge in [0.15, 0.2) is 6.29 Å². The van der Waals surface area contributed by atoms with E-state index in [9.17, 15) is 4.79 Å². The van der Waals surface area contributed by atoms with Crippen LogP contribution >= 0.6 is 0 Å². The standard InChI is InChI=1S/C13H23NO4/c1-13(2,3)18-12(17)14-8-6-10(7-9-14)4-5-11(15)16/h4-5,10-11,15-16H,6-9H2,1-3H3. The van der Waals surface area contributed by atoms with Crippen LogP contribution in [-0.2, 0) is 4.74 Å². The summed E-state index contributed by atoms with van der Waals surface area (Å²) in [6.07, 6.45) is 3.15. The molecule has 0 unspecified atom stereocenters. The van der Waals surface area contributed by atoms with Crippen LogP contribution in [0.1, 0.15) is 33.6 Å². The molecule has 5 heteroatoms. The molecule has 1 aliphatic rings. The quantitative estimate of drug-likeness (QED) is 0.581. The van der Waals surface area contributed by atoms with Gasteiger partial charge in [0.25, 0.3) is 0 Å². The molecule has 0 saturated carbocycles. The summed E-state index contributed by atoms with van der Waals surface area (Å²) in [6.45, 7) is 6.84. The topological polar surface area (TPSA) is 70.0 Å². The van der Waals surface area contributed by atoms with Gasteiger partial charge >= 0.3 is 6.09 Å². The third kappa shape index (κ3) is 5.51. The second kappa shape index (κ2) is 6.20. The maximum atomic E-state index is 11.8. The van der Waals surface area contributed by atoms with E-state index in [0.717, 1.165) is 12.8 Å². The van der Waals surface area contributed by atoms with Crippen molar-refractivity contribution in [1.29, 1.82) is 0 Å². The number of piperidine rings is 1. The van der Waals surface area contributed by atoms with Crippen molar-refractivity contribution in [2.24, 2.45) is 5.92 Å². The van der Waals surface area contributed by atoms with E-state index < -0.39 is 11.9 Å². The van der Waals surface area contributed by atoms with Gasteiger partial charge in [0, 0.05) is 13.1 Å². The van der Waals surface area contributed by atoms with E-state index in [-0.39, 0.29) is 6.09 Å². The van der Waals surface area contributed by atoms with Crippen LogP contribution in [0.15, 0.2) is 12.2 Å². The molecule has 1 amide bonds. The maximum Gasteiger partial charge on any atom is 0.410 e. The zero-order valence-electron chi connectivity index (χ0n) is 11.3. The number of allylic oxidation sites excluding steroid dienone is 1. The van der Waals surface area contributed by atoms with Crippen molar-refractivity contribution in [3.63, 3.8) is 0 Å². The van der Waals surface area contributed by atoms with Gasteiger partial charge in [-0.2, -0.15) is 0 Å². The summed E-state index contributed by atoms with van der Waals surface area (Å²) in [5.41, 5.74) is -0.463. The van der Waals surface area contributed by atoms with Gasteiger partial charge in [-0.3, -0.25) is 0 Å². The summed E-state index contributed by atoms with van der Waals surface area (Å²) in [7, 11) is 0. The average Bonchev–Trinajstić information content (AvgIpc) is 2.24. The number of hydrogen-bond acceptors (Lipinski definition) is 4. The van der Waals surface area contributed by atoms with Gasteiger partial charge in [-0.1, -0.05) is 6.08 Å². The molecule has 1 rings (SSSR count). The number of carbonyl (C=O) groups excluding carboxylic acids is 1. The lowest BCUT2D eigenvalue weighted by Gasteiger charge is -2.32. The van der Waals surface area contributed by atoms with E-state index in [1.54, 1.807) is 11.0 Å². The molecule has 2 N–H and O–H groups in total. The summed E-state index contributed by atoms with van der Waals surface area (Å²) in [4.78, 5) is 13.5. The highest BCUT2D eigenvalue weighted by Gasteiger charge is 2.25. The van der Waals surface area contributed by atoms with Crippen molar-refractivity contribution in [3.8, 4) is 0 Å². The molecule has 0 aromatic carbocycles. The first-order valence-corrected chi connectivity index (χ1v) is 6.30. The van der Waals surface area contributed by atoms with Gasteiger partial charge in [0.1, 0.15) is 5.60 Å². The van der Waals surface area contributed by atoms with Crippen molar-refractivity contribution < 1.29 is 19.7 Å². The van der Waals surface area contributed by atoms with E-state index in [2.05, 4.69) is 0 Å². The number of ether oxygens (including phenoxy) is 1. The number of rotatable bonds is 2. The molecule has 1 heterocycles. The van der Waals surface area contributed by atoms with Crippen molar-refractivity contribution in [2.75, 3.05) is 13.1 Å². The maximum absolute atomic E-state index is 11.8. The minimum absolute atomic E-state index is 0.271. The molecule has 1 fully saturated rings. The normalized spacial score (nSPS) is 18.7. The Morgan fingerprint density at radius 2 is 1.89 bits per heavy atom.